The molecule has 0 aliphatic heterocycles. The first-order chi connectivity index (χ1) is 14.7. The maximum atomic E-state index is 5.99. The van der Waals surface area contributed by atoms with Crippen LogP contribution in [0.5, 0.6) is 0 Å². The van der Waals surface area contributed by atoms with Crippen LogP contribution < -0.4 is 16.0 Å². The molecule has 3 rings (SSSR count). The van der Waals surface area contributed by atoms with Crippen molar-refractivity contribution in [1.29, 1.82) is 0 Å². The largest absolute Gasteiger partial charge is 0.370 e. The quantitative estimate of drug-likeness (QED) is 0.227. The summed E-state index contributed by atoms with van der Waals surface area (Å²) >= 11 is 3.49. The summed E-state index contributed by atoms with van der Waals surface area (Å²) in [6, 6.07) is 14.4. The molecule has 0 saturated carbocycles. The van der Waals surface area contributed by atoms with Crippen molar-refractivity contribution >= 4 is 27.7 Å². The molecule has 158 valence electrons. The molecule has 0 unspecified atom stereocenters. The Morgan fingerprint density at radius 1 is 1.17 bits per heavy atom. The molecule has 0 bridgehead atoms. The minimum Gasteiger partial charge on any atom is -0.370 e. The van der Waals surface area contributed by atoms with E-state index in [4.69, 9.17) is 5.73 Å². The zero-order chi connectivity index (χ0) is 21.0. The second kappa shape index (κ2) is 12.0. The summed E-state index contributed by atoms with van der Waals surface area (Å²) in [7, 11) is 0. The lowest BCUT2D eigenvalue weighted by atomic mass is 10.2. The molecule has 8 heteroatoms. The number of anilines is 1. The van der Waals surface area contributed by atoms with Crippen molar-refractivity contribution in [2.45, 2.75) is 25.8 Å². The first-order valence-corrected chi connectivity index (χ1v) is 10.9. The van der Waals surface area contributed by atoms with Gasteiger partial charge in [-0.2, -0.15) is 0 Å². The molecule has 0 atom stereocenters. The lowest BCUT2D eigenvalue weighted by Crippen LogP contribution is -2.33. The minimum atomic E-state index is 0.497. The highest BCUT2D eigenvalue weighted by Gasteiger charge is 2.08. The lowest BCUT2D eigenvalue weighted by molar-refractivity contribution is 0.719. The number of aryl methyl sites for hydroxylation is 1. The minimum absolute atomic E-state index is 0.497. The Bertz CT molecular complexity index is 880. The summed E-state index contributed by atoms with van der Waals surface area (Å²) < 4.78 is 1.08. The average molecular weight is 470 g/mol. The van der Waals surface area contributed by atoms with Gasteiger partial charge in [-0.3, -0.25) is 4.99 Å². The number of aromatic amines is 1. The molecule has 2 aromatic heterocycles. The maximum Gasteiger partial charge on any atom is 0.188 e. The predicted octanol–water partition coefficient (Wildman–Crippen LogP) is 3.50. The molecular weight excluding hydrogens is 442 g/mol. The van der Waals surface area contributed by atoms with E-state index in [1.54, 1.807) is 6.33 Å². The number of rotatable bonds is 11. The summed E-state index contributed by atoms with van der Waals surface area (Å²) in [6.45, 7) is 3.11. The molecule has 30 heavy (non-hydrogen) atoms. The highest BCUT2D eigenvalue weighted by molar-refractivity contribution is 9.10. The summed E-state index contributed by atoms with van der Waals surface area (Å²) in [5.74, 6) is 1.46. The Balaban J connectivity index is 1.44. The van der Waals surface area contributed by atoms with Gasteiger partial charge >= 0.3 is 0 Å². The molecule has 1 aromatic carbocycles. The number of nitrogens with two attached hydrogens (primary N) is 1. The second-order valence-electron chi connectivity index (χ2n) is 6.96. The first kappa shape index (κ1) is 21.8. The Morgan fingerprint density at radius 2 is 2.03 bits per heavy atom. The van der Waals surface area contributed by atoms with Gasteiger partial charge in [-0.15, -0.1) is 0 Å². The molecule has 0 aliphatic rings. The number of imidazole rings is 1. The van der Waals surface area contributed by atoms with Crippen LogP contribution >= 0.6 is 15.9 Å². The van der Waals surface area contributed by atoms with Crippen molar-refractivity contribution in [2.75, 3.05) is 24.5 Å². The van der Waals surface area contributed by atoms with Gasteiger partial charge in [0.15, 0.2) is 5.96 Å². The SMILES string of the molecule is NC(=NCCCN(Cc1ccc(Br)cc1)c1ccccn1)NCCCc1cnc[nH]1. The van der Waals surface area contributed by atoms with Crippen LogP contribution in [0.25, 0.3) is 0 Å². The molecule has 7 nitrogen and oxygen atoms in total. The van der Waals surface area contributed by atoms with Crippen LogP contribution in [0.4, 0.5) is 5.82 Å². The number of aliphatic imine (C=N–C) groups is 1. The molecule has 0 saturated heterocycles. The van der Waals surface area contributed by atoms with Crippen molar-refractivity contribution in [3.05, 3.63) is 76.9 Å². The maximum absolute atomic E-state index is 5.99. The fourth-order valence-electron chi connectivity index (χ4n) is 3.06. The van der Waals surface area contributed by atoms with Crippen LogP contribution in [0.1, 0.15) is 24.1 Å². The van der Waals surface area contributed by atoms with E-state index < -0.39 is 0 Å². The molecule has 2 heterocycles. The Kier molecular flexibility index (Phi) is 8.71. The Labute approximate surface area is 186 Å². The number of aromatic nitrogens is 3. The second-order valence-corrected chi connectivity index (χ2v) is 7.88. The van der Waals surface area contributed by atoms with Gasteiger partial charge < -0.3 is 20.9 Å². The number of benzene rings is 1. The van der Waals surface area contributed by atoms with Crippen LogP contribution in [0, 0.1) is 0 Å². The molecule has 0 spiro atoms. The van der Waals surface area contributed by atoms with Crippen LogP contribution in [0.2, 0.25) is 0 Å². The smallest absolute Gasteiger partial charge is 0.188 e. The average Bonchev–Trinajstić information content (AvgIpc) is 3.29. The summed E-state index contributed by atoms with van der Waals surface area (Å²) in [6.07, 6.45) is 8.17. The molecule has 0 aliphatic carbocycles. The van der Waals surface area contributed by atoms with Crippen molar-refractivity contribution < 1.29 is 0 Å². The van der Waals surface area contributed by atoms with Gasteiger partial charge in [-0.1, -0.05) is 34.1 Å². The van der Waals surface area contributed by atoms with E-state index in [1.165, 1.54) is 5.56 Å². The first-order valence-electron chi connectivity index (χ1n) is 10.1. The summed E-state index contributed by atoms with van der Waals surface area (Å²) in [5.41, 5.74) is 8.36. The molecule has 3 aromatic rings. The van der Waals surface area contributed by atoms with Crippen molar-refractivity contribution in [2.24, 2.45) is 10.7 Å². The van der Waals surface area contributed by atoms with Crippen LogP contribution in [-0.4, -0.2) is 40.5 Å². The number of halogens is 1. The van der Waals surface area contributed by atoms with Gasteiger partial charge in [0.05, 0.1) is 6.33 Å². The number of guanidine groups is 1. The number of hydrogen-bond donors (Lipinski definition) is 3. The van der Waals surface area contributed by atoms with E-state index in [-0.39, 0.29) is 0 Å². The van der Waals surface area contributed by atoms with Gasteiger partial charge in [0.25, 0.3) is 0 Å². The van der Waals surface area contributed by atoms with Gasteiger partial charge in [-0.25, -0.2) is 9.97 Å². The van der Waals surface area contributed by atoms with Crippen molar-refractivity contribution in [1.82, 2.24) is 20.3 Å². The highest BCUT2D eigenvalue weighted by Crippen LogP contribution is 2.16. The number of nitrogens with one attached hydrogen (secondary N) is 2. The van der Waals surface area contributed by atoms with E-state index in [0.717, 1.165) is 54.9 Å². The zero-order valence-electron chi connectivity index (χ0n) is 17.0. The monoisotopic (exact) mass is 469 g/mol. The van der Waals surface area contributed by atoms with E-state index in [2.05, 4.69) is 70.4 Å². The van der Waals surface area contributed by atoms with Gasteiger partial charge in [0.1, 0.15) is 5.82 Å². The van der Waals surface area contributed by atoms with E-state index >= 15 is 0 Å². The topological polar surface area (TPSA) is 95.2 Å². The summed E-state index contributed by atoms with van der Waals surface area (Å²) in [4.78, 5) is 18.4. The van der Waals surface area contributed by atoms with Crippen LogP contribution in [-0.2, 0) is 13.0 Å². The number of pyridine rings is 1. The Hall–Kier alpha value is -2.87. The van der Waals surface area contributed by atoms with Gasteiger partial charge in [0, 0.05) is 48.7 Å². The molecule has 4 N–H and O–H groups in total. The molecule has 0 amide bonds. The van der Waals surface area contributed by atoms with Gasteiger partial charge in [0.2, 0.25) is 0 Å². The number of H-pyrrole nitrogens is 1. The molecule has 0 radical (unpaired) electrons. The van der Waals surface area contributed by atoms with Crippen molar-refractivity contribution in [3.63, 3.8) is 0 Å². The molecule has 0 fully saturated rings. The third kappa shape index (κ3) is 7.51. The van der Waals surface area contributed by atoms with Crippen molar-refractivity contribution in [3.8, 4) is 0 Å². The predicted molar refractivity (Wildman–Crippen MR) is 125 cm³/mol. The molecular formula is C22H28BrN7. The third-order valence-corrected chi connectivity index (χ3v) is 5.14. The number of nitrogens with zero attached hydrogens (tertiary/aromatic N) is 4. The van der Waals surface area contributed by atoms with Gasteiger partial charge in [-0.05, 0) is 49.1 Å². The number of hydrogen-bond acceptors (Lipinski definition) is 4. The van der Waals surface area contributed by atoms with Crippen LogP contribution in [0.3, 0.4) is 0 Å². The highest BCUT2D eigenvalue weighted by atomic mass is 79.9. The standard InChI is InChI=1S/C22H28BrN7/c23-19-9-7-18(8-10-19)16-30(21-6-1-2-11-26-21)14-4-13-28-22(24)27-12-3-5-20-15-25-17-29-20/h1-2,6-11,15,17H,3-5,12-14,16H2,(H,25,29)(H3,24,27,28). The van der Waals surface area contributed by atoms with E-state index in [9.17, 15) is 0 Å². The zero-order valence-corrected chi connectivity index (χ0v) is 18.6. The normalized spacial score (nSPS) is 11.4. The fraction of sp³-hybridized carbons (Fsp3) is 0.318. The Morgan fingerprint density at radius 3 is 2.77 bits per heavy atom. The third-order valence-electron chi connectivity index (χ3n) is 4.61. The summed E-state index contributed by atoms with van der Waals surface area (Å²) in [5, 5.41) is 3.17. The van der Waals surface area contributed by atoms with E-state index in [1.807, 2.05) is 30.6 Å². The van der Waals surface area contributed by atoms with E-state index in [0.29, 0.717) is 12.5 Å². The lowest BCUT2D eigenvalue weighted by Gasteiger charge is -2.23. The van der Waals surface area contributed by atoms with Crippen LogP contribution in [0.15, 0.2) is 70.7 Å². The fourth-order valence-corrected chi connectivity index (χ4v) is 3.32.